The molecule has 1 aromatic carbocycles. The van der Waals surface area contributed by atoms with Crippen molar-refractivity contribution in [1.82, 2.24) is 4.90 Å². The number of fused-ring (bicyclic) bond motifs is 5. The molecule has 3 aliphatic rings. The summed E-state index contributed by atoms with van der Waals surface area (Å²) in [5.74, 6) is -1.14. The molecule has 3 heterocycles. The molecule has 0 saturated carbocycles. The van der Waals surface area contributed by atoms with Gasteiger partial charge in [-0.05, 0) is 25.0 Å². The summed E-state index contributed by atoms with van der Waals surface area (Å²) < 4.78 is 10.7. The van der Waals surface area contributed by atoms with Crippen molar-refractivity contribution < 1.29 is 23.9 Å². The predicted octanol–water partition coefficient (Wildman–Crippen LogP) is 2.05. The average molecular weight is 365 g/mol. The highest BCUT2D eigenvalue weighted by Crippen LogP contribution is 2.48. The maximum absolute atomic E-state index is 12.5. The first kappa shape index (κ1) is 16.4. The van der Waals surface area contributed by atoms with Crippen LogP contribution in [0, 0.1) is 11.8 Å². The number of para-hydroxylation sites is 1. The van der Waals surface area contributed by atoms with E-state index in [4.69, 9.17) is 21.1 Å². The van der Waals surface area contributed by atoms with Crippen molar-refractivity contribution in [2.45, 2.75) is 25.0 Å². The zero-order valence-electron chi connectivity index (χ0n) is 13.3. The van der Waals surface area contributed by atoms with E-state index in [1.54, 1.807) is 24.3 Å². The highest BCUT2D eigenvalue weighted by Gasteiger charge is 2.62. The van der Waals surface area contributed by atoms with Gasteiger partial charge < -0.3 is 9.47 Å². The van der Waals surface area contributed by atoms with Gasteiger partial charge in [0.15, 0.2) is 0 Å². The molecule has 8 heteroatoms. The summed E-state index contributed by atoms with van der Waals surface area (Å²) in [6, 6.07) is 6.78. The van der Waals surface area contributed by atoms with Crippen LogP contribution in [-0.4, -0.2) is 48.2 Å². The zero-order valence-corrected chi connectivity index (χ0v) is 14.1. The predicted molar refractivity (Wildman–Crippen MR) is 88.0 cm³/mol. The maximum atomic E-state index is 12.5. The molecule has 7 nitrogen and oxygen atoms in total. The number of anilines is 1. The number of likely N-dealkylation sites (tertiary alicyclic amines) is 1. The second-order valence-electron chi connectivity index (χ2n) is 6.41. The number of amides is 3. The van der Waals surface area contributed by atoms with Gasteiger partial charge in [-0.25, -0.2) is 4.79 Å². The van der Waals surface area contributed by atoms with E-state index in [1.165, 1.54) is 4.90 Å². The Hall–Kier alpha value is -2.12. The third kappa shape index (κ3) is 2.77. The van der Waals surface area contributed by atoms with Crippen LogP contribution in [0.3, 0.4) is 0 Å². The molecule has 3 amide bonds. The Bertz CT molecular complexity index is 712. The fourth-order valence-electron chi connectivity index (χ4n) is 3.93. The molecule has 3 fully saturated rings. The third-order valence-corrected chi connectivity index (χ3v) is 5.36. The van der Waals surface area contributed by atoms with Crippen LogP contribution in [0.25, 0.3) is 0 Å². The second-order valence-corrected chi connectivity index (χ2v) is 6.82. The van der Waals surface area contributed by atoms with Gasteiger partial charge in [-0.2, -0.15) is 0 Å². The first-order valence-electron chi connectivity index (χ1n) is 8.25. The van der Waals surface area contributed by atoms with Crippen LogP contribution in [0.2, 0.25) is 5.02 Å². The first-order chi connectivity index (χ1) is 12.1. The normalized spacial score (nSPS) is 29.9. The van der Waals surface area contributed by atoms with Crippen LogP contribution >= 0.6 is 11.6 Å². The lowest BCUT2D eigenvalue weighted by atomic mass is 9.81. The number of hydrogen-bond donors (Lipinski definition) is 1. The summed E-state index contributed by atoms with van der Waals surface area (Å²) in [6.07, 6.45) is 0.697. The van der Waals surface area contributed by atoms with E-state index in [0.29, 0.717) is 10.7 Å². The lowest BCUT2D eigenvalue weighted by molar-refractivity contribution is -0.143. The molecule has 4 unspecified atom stereocenters. The van der Waals surface area contributed by atoms with Crippen LogP contribution < -0.4 is 5.32 Å². The zero-order chi connectivity index (χ0) is 17.6. The van der Waals surface area contributed by atoms with E-state index < -0.39 is 6.09 Å². The molecule has 3 saturated heterocycles. The van der Waals surface area contributed by atoms with Gasteiger partial charge in [-0.3, -0.25) is 19.8 Å². The number of imide groups is 1. The van der Waals surface area contributed by atoms with Crippen LogP contribution in [-0.2, 0) is 19.1 Å². The SMILES string of the molecule is O=C(Nc1ccccc1Cl)OCCN1C(=O)C2C3CCC(O3)C2C1=O. The number of rotatable bonds is 4. The maximum Gasteiger partial charge on any atom is 0.411 e. The van der Waals surface area contributed by atoms with Gasteiger partial charge >= 0.3 is 6.09 Å². The number of nitrogens with zero attached hydrogens (tertiary/aromatic N) is 1. The highest BCUT2D eigenvalue weighted by molar-refractivity contribution is 6.33. The molecule has 132 valence electrons. The first-order valence-corrected chi connectivity index (χ1v) is 8.63. The van der Waals surface area contributed by atoms with Gasteiger partial charge in [0, 0.05) is 0 Å². The Labute approximate surface area is 149 Å². The van der Waals surface area contributed by atoms with Gasteiger partial charge in [0.2, 0.25) is 11.8 Å². The fourth-order valence-corrected chi connectivity index (χ4v) is 4.12. The smallest absolute Gasteiger partial charge is 0.411 e. The van der Waals surface area contributed by atoms with Gasteiger partial charge in [-0.1, -0.05) is 23.7 Å². The summed E-state index contributed by atoms with van der Waals surface area (Å²) in [5.41, 5.74) is 0.436. The number of ether oxygens (including phenoxy) is 2. The molecule has 1 aromatic rings. The van der Waals surface area contributed by atoms with E-state index in [2.05, 4.69) is 5.32 Å². The van der Waals surface area contributed by atoms with E-state index in [9.17, 15) is 14.4 Å². The molecule has 4 rings (SSSR count). The van der Waals surface area contributed by atoms with Gasteiger partial charge in [0.25, 0.3) is 0 Å². The minimum Gasteiger partial charge on any atom is -0.447 e. The third-order valence-electron chi connectivity index (χ3n) is 5.03. The number of halogens is 1. The molecule has 0 aromatic heterocycles. The number of benzene rings is 1. The summed E-state index contributed by atoms with van der Waals surface area (Å²) in [5, 5.41) is 2.92. The van der Waals surface area contributed by atoms with Crippen LogP contribution in [0.4, 0.5) is 10.5 Å². The number of carbonyl (C=O) groups excluding carboxylic acids is 3. The van der Waals surface area contributed by atoms with Crippen LogP contribution in [0.15, 0.2) is 24.3 Å². The molecule has 4 atom stereocenters. The van der Waals surface area contributed by atoms with Crippen molar-refractivity contribution in [2.75, 3.05) is 18.5 Å². The van der Waals surface area contributed by atoms with Gasteiger partial charge in [-0.15, -0.1) is 0 Å². The highest BCUT2D eigenvalue weighted by atomic mass is 35.5. The molecule has 0 radical (unpaired) electrons. The lowest BCUT2D eigenvalue weighted by Gasteiger charge is -2.17. The van der Waals surface area contributed by atoms with Crippen molar-refractivity contribution in [3.63, 3.8) is 0 Å². The topological polar surface area (TPSA) is 84.9 Å². The minimum atomic E-state index is -0.684. The lowest BCUT2D eigenvalue weighted by Crippen LogP contribution is -2.37. The number of hydrogen-bond acceptors (Lipinski definition) is 5. The Morgan fingerprint density at radius 2 is 1.84 bits per heavy atom. The van der Waals surface area contributed by atoms with E-state index in [-0.39, 0.29) is 49.0 Å². The standard InChI is InChI=1S/C17H17ClN2O5/c18-9-3-1-2-4-10(9)19-17(23)24-8-7-20-15(21)13-11-5-6-12(25-11)14(13)16(20)22/h1-4,11-14H,5-8H2,(H,19,23). The average Bonchev–Trinajstić information content (AvgIpc) is 3.26. The molecule has 3 aliphatic heterocycles. The summed E-state index contributed by atoms with van der Waals surface area (Å²) in [6.45, 7) is -0.0105. The number of nitrogens with one attached hydrogen (secondary N) is 1. The molecule has 2 bridgehead atoms. The summed E-state index contributed by atoms with van der Waals surface area (Å²) in [4.78, 5) is 37.9. The number of carbonyl (C=O) groups is 3. The van der Waals surface area contributed by atoms with Crippen LogP contribution in [0.1, 0.15) is 12.8 Å². The van der Waals surface area contributed by atoms with E-state index in [1.807, 2.05) is 0 Å². The van der Waals surface area contributed by atoms with Crippen molar-refractivity contribution >= 4 is 35.2 Å². The van der Waals surface area contributed by atoms with E-state index >= 15 is 0 Å². The van der Waals surface area contributed by atoms with Gasteiger partial charge in [0.1, 0.15) is 6.61 Å². The Morgan fingerprint density at radius 1 is 1.20 bits per heavy atom. The molecule has 25 heavy (non-hydrogen) atoms. The van der Waals surface area contributed by atoms with Crippen molar-refractivity contribution in [2.24, 2.45) is 11.8 Å². The largest absolute Gasteiger partial charge is 0.447 e. The quantitative estimate of drug-likeness (QED) is 0.826. The Balaban J connectivity index is 1.30. The van der Waals surface area contributed by atoms with E-state index in [0.717, 1.165) is 12.8 Å². The van der Waals surface area contributed by atoms with Gasteiger partial charge in [0.05, 0.1) is 41.3 Å². The molecular weight excluding hydrogens is 348 g/mol. The molecular formula is C17H17ClN2O5. The monoisotopic (exact) mass is 364 g/mol. The Morgan fingerprint density at radius 3 is 2.48 bits per heavy atom. The molecule has 1 N–H and O–H groups in total. The van der Waals surface area contributed by atoms with Crippen molar-refractivity contribution in [1.29, 1.82) is 0 Å². The Kier molecular flexibility index (Phi) is 4.13. The summed E-state index contributed by atoms with van der Waals surface area (Å²) in [7, 11) is 0. The van der Waals surface area contributed by atoms with Crippen molar-refractivity contribution in [3.05, 3.63) is 29.3 Å². The fraction of sp³-hybridized carbons (Fsp3) is 0.471. The molecule has 0 aliphatic carbocycles. The van der Waals surface area contributed by atoms with Crippen LogP contribution in [0.5, 0.6) is 0 Å². The molecule has 0 spiro atoms. The summed E-state index contributed by atoms with van der Waals surface area (Å²) >= 11 is 5.95. The minimum absolute atomic E-state index is 0.0556. The second kappa shape index (κ2) is 6.31. The van der Waals surface area contributed by atoms with Crippen molar-refractivity contribution in [3.8, 4) is 0 Å².